The van der Waals surface area contributed by atoms with Crippen LogP contribution in [-0.2, 0) is 4.79 Å². The summed E-state index contributed by atoms with van der Waals surface area (Å²) in [6.07, 6.45) is 2.20. The predicted octanol–water partition coefficient (Wildman–Crippen LogP) is -0.470. The molecule has 0 aromatic carbocycles. The molecule has 1 saturated carbocycles. The zero-order valence-corrected chi connectivity index (χ0v) is 8.56. The van der Waals surface area contributed by atoms with Crippen LogP contribution in [0.1, 0.15) is 19.8 Å². The highest BCUT2D eigenvalue weighted by molar-refractivity contribution is 5.82. The number of hydrogen-bond donors (Lipinski definition) is 4. The minimum absolute atomic E-state index is 0.0538. The molecule has 15 heavy (non-hydrogen) atoms. The zero-order chi connectivity index (χ0) is 11.4. The zero-order valence-electron chi connectivity index (χ0n) is 8.56. The monoisotopic (exact) mass is 216 g/mol. The highest BCUT2D eigenvalue weighted by Crippen LogP contribution is 2.32. The Balaban J connectivity index is 2.29. The number of carboxylic acid groups (broad SMARTS) is 1. The number of hydrogen-bond acceptors (Lipinski definition) is 3. The van der Waals surface area contributed by atoms with Crippen molar-refractivity contribution >= 4 is 12.0 Å². The quantitative estimate of drug-likeness (QED) is 0.499. The van der Waals surface area contributed by atoms with Crippen molar-refractivity contribution in [3.8, 4) is 0 Å². The first-order valence-corrected chi connectivity index (χ1v) is 4.95. The molecule has 1 aliphatic rings. The number of urea groups is 1. The average molecular weight is 216 g/mol. The Morgan fingerprint density at radius 1 is 1.40 bits per heavy atom. The first-order valence-electron chi connectivity index (χ1n) is 4.95. The standard InChI is InChI=1S/C9H16N2O4/c1-5(6-2-3-6)10-9(15)11-7(4-12)8(13)14/h5-7,12H,2-4H2,1H3,(H,13,14)(H2,10,11,15)/t5?,7-/m0/s1. The number of rotatable bonds is 5. The Morgan fingerprint density at radius 3 is 2.40 bits per heavy atom. The fraction of sp³-hybridized carbons (Fsp3) is 0.778. The van der Waals surface area contributed by atoms with Crippen LogP contribution in [0.4, 0.5) is 4.79 Å². The van der Waals surface area contributed by atoms with Crippen LogP contribution in [0.25, 0.3) is 0 Å². The maximum absolute atomic E-state index is 11.3. The van der Waals surface area contributed by atoms with E-state index in [9.17, 15) is 9.59 Å². The lowest BCUT2D eigenvalue weighted by molar-refractivity contribution is -0.140. The lowest BCUT2D eigenvalue weighted by atomic mass is 10.2. The summed E-state index contributed by atoms with van der Waals surface area (Å²) in [6.45, 7) is 1.27. The molecule has 0 aliphatic heterocycles. The molecule has 2 amide bonds. The van der Waals surface area contributed by atoms with Crippen LogP contribution >= 0.6 is 0 Å². The summed E-state index contributed by atoms with van der Waals surface area (Å²) in [4.78, 5) is 21.8. The second-order valence-corrected chi connectivity index (χ2v) is 3.82. The molecule has 2 atom stereocenters. The van der Waals surface area contributed by atoms with Crippen LogP contribution in [0.2, 0.25) is 0 Å². The first kappa shape index (κ1) is 11.8. The number of nitrogens with one attached hydrogen (secondary N) is 2. The molecule has 86 valence electrons. The van der Waals surface area contributed by atoms with E-state index in [1.54, 1.807) is 0 Å². The molecular weight excluding hydrogens is 200 g/mol. The van der Waals surface area contributed by atoms with Crippen LogP contribution in [0.3, 0.4) is 0 Å². The minimum atomic E-state index is -1.24. The predicted molar refractivity (Wildman–Crippen MR) is 52.4 cm³/mol. The SMILES string of the molecule is CC(NC(=O)N[C@@H](CO)C(=O)O)C1CC1. The Labute approximate surface area is 87.7 Å². The van der Waals surface area contributed by atoms with Crippen molar-refractivity contribution in [3.05, 3.63) is 0 Å². The molecule has 6 nitrogen and oxygen atoms in total. The van der Waals surface area contributed by atoms with Gasteiger partial charge in [0.2, 0.25) is 0 Å². The molecule has 0 bridgehead atoms. The summed E-state index contributed by atoms with van der Waals surface area (Å²) >= 11 is 0. The highest BCUT2D eigenvalue weighted by atomic mass is 16.4. The molecule has 4 N–H and O–H groups in total. The van der Waals surface area contributed by atoms with Crippen LogP contribution in [0.5, 0.6) is 0 Å². The van der Waals surface area contributed by atoms with Gasteiger partial charge >= 0.3 is 12.0 Å². The Morgan fingerprint density at radius 2 is 2.00 bits per heavy atom. The maximum atomic E-state index is 11.3. The van der Waals surface area contributed by atoms with Crippen molar-refractivity contribution < 1.29 is 19.8 Å². The van der Waals surface area contributed by atoms with Gasteiger partial charge in [0.1, 0.15) is 0 Å². The fourth-order valence-corrected chi connectivity index (χ4v) is 1.31. The molecule has 0 spiro atoms. The van der Waals surface area contributed by atoms with Gasteiger partial charge in [-0.15, -0.1) is 0 Å². The Bertz CT molecular complexity index is 252. The topological polar surface area (TPSA) is 98.7 Å². The van der Waals surface area contributed by atoms with E-state index in [1.165, 1.54) is 0 Å². The molecule has 0 heterocycles. The van der Waals surface area contributed by atoms with E-state index in [4.69, 9.17) is 10.2 Å². The largest absolute Gasteiger partial charge is 0.480 e. The lowest BCUT2D eigenvalue weighted by Gasteiger charge is -2.16. The van der Waals surface area contributed by atoms with Crippen molar-refractivity contribution in [2.75, 3.05) is 6.61 Å². The summed E-state index contributed by atoms with van der Waals surface area (Å²) in [7, 11) is 0. The molecule has 1 unspecified atom stereocenters. The molecule has 1 fully saturated rings. The second kappa shape index (κ2) is 4.97. The van der Waals surface area contributed by atoms with Gasteiger partial charge in [-0.05, 0) is 25.7 Å². The highest BCUT2D eigenvalue weighted by Gasteiger charge is 2.29. The summed E-state index contributed by atoms with van der Waals surface area (Å²) in [5.41, 5.74) is 0. The van der Waals surface area contributed by atoms with Crippen LogP contribution in [-0.4, -0.2) is 40.9 Å². The van der Waals surface area contributed by atoms with Gasteiger partial charge in [0.25, 0.3) is 0 Å². The van der Waals surface area contributed by atoms with Crippen molar-refractivity contribution in [2.24, 2.45) is 5.92 Å². The molecule has 0 aromatic heterocycles. The molecular formula is C9H16N2O4. The third-order valence-electron chi connectivity index (χ3n) is 2.47. The Hall–Kier alpha value is -1.30. The number of aliphatic hydroxyl groups is 1. The fourth-order valence-electron chi connectivity index (χ4n) is 1.31. The maximum Gasteiger partial charge on any atom is 0.328 e. The van der Waals surface area contributed by atoms with E-state index < -0.39 is 24.6 Å². The molecule has 0 saturated heterocycles. The second-order valence-electron chi connectivity index (χ2n) is 3.82. The van der Waals surface area contributed by atoms with Crippen molar-refractivity contribution in [2.45, 2.75) is 31.8 Å². The summed E-state index contributed by atoms with van der Waals surface area (Å²) < 4.78 is 0. The molecule has 6 heteroatoms. The number of amides is 2. The number of carboxylic acids is 1. The van der Waals surface area contributed by atoms with Crippen LogP contribution in [0, 0.1) is 5.92 Å². The third kappa shape index (κ3) is 3.75. The molecule has 0 aromatic rings. The number of aliphatic carboxylic acids is 1. The van der Waals surface area contributed by atoms with Gasteiger partial charge in [-0.25, -0.2) is 9.59 Å². The lowest BCUT2D eigenvalue weighted by Crippen LogP contribution is -2.50. The summed E-state index contributed by atoms with van der Waals surface area (Å²) in [5.74, 6) is -0.736. The van der Waals surface area contributed by atoms with Crippen molar-refractivity contribution in [3.63, 3.8) is 0 Å². The van der Waals surface area contributed by atoms with Crippen molar-refractivity contribution in [1.29, 1.82) is 0 Å². The first-order chi connectivity index (χ1) is 7.04. The van der Waals surface area contributed by atoms with E-state index in [1.807, 2.05) is 6.92 Å². The van der Waals surface area contributed by atoms with E-state index in [0.29, 0.717) is 5.92 Å². The van der Waals surface area contributed by atoms with Crippen LogP contribution in [0.15, 0.2) is 0 Å². The smallest absolute Gasteiger partial charge is 0.328 e. The van der Waals surface area contributed by atoms with Crippen LogP contribution < -0.4 is 10.6 Å². The number of aliphatic hydroxyl groups excluding tert-OH is 1. The number of carbonyl (C=O) groups excluding carboxylic acids is 1. The third-order valence-corrected chi connectivity index (χ3v) is 2.47. The van der Waals surface area contributed by atoms with Gasteiger partial charge in [-0.1, -0.05) is 0 Å². The summed E-state index contributed by atoms with van der Waals surface area (Å²) in [6, 6.07) is -1.73. The van der Waals surface area contributed by atoms with Gasteiger partial charge in [0.15, 0.2) is 6.04 Å². The van der Waals surface area contributed by atoms with Gasteiger partial charge in [-0.3, -0.25) is 0 Å². The number of carbonyl (C=O) groups is 2. The molecule has 1 rings (SSSR count). The normalized spacial score (nSPS) is 19.1. The van der Waals surface area contributed by atoms with E-state index in [2.05, 4.69) is 10.6 Å². The summed E-state index contributed by atoms with van der Waals surface area (Å²) in [5, 5.41) is 22.1. The van der Waals surface area contributed by atoms with E-state index >= 15 is 0 Å². The van der Waals surface area contributed by atoms with Gasteiger partial charge in [0.05, 0.1) is 6.61 Å². The molecule has 1 aliphatic carbocycles. The van der Waals surface area contributed by atoms with E-state index in [-0.39, 0.29) is 6.04 Å². The Kier molecular flexibility index (Phi) is 3.90. The molecule has 0 radical (unpaired) electrons. The van der Waals surface area contributed by atoms with Crippen molar-refractivity contribution in [1.82, 2.24) is 10.6 Å². The average Bonchev–Trinajstić information content (AvgIpc) is 2.96. The minimum Gasteiger partial charge on any atom is -0.480 e. The van der Waals surface area contributed by atoms with Gasteiger partial charge in [0, 0.05) is 6.04 Å². The van der Waals surface area contributed by atoms with E-state index in [0.717, 1.165) is 12.8 Å². The van der Waals surface area contributed by atoms with Gasteiger partial charge in [-0.2, -0.15) is 0 Å². The van der Waals surface area contributed by atoms with Gasteiger partial charge < -0.3 is 20.8 Å².